The number of hydrogen-bond acceptors (Lipinski definition) is 6. The fraction of sp³-hybridized carbons (Fsp3) is 0.692. The van der Waals surface area contributed by atoms with Crippen LogP contribution in [-0.2, 0) is 28.8 Å². The molecule has 1 atom stereocenters. The van der Waals surface area contributed by atoms with Crippen LogP contribution in [0.1, 0.15) is 81.3 Å². The standard InChI is InChI=1S/C26H42N4O5S/c1-7-16-29(27(5)6)24(31)22-12-13-23(21-11-9-8-10-20(21)22)30(36(33)34)19-14-17-28(18-15-19)25(32)35-26(2,3)4/h12-13,19H,7-11,14-18H2,1-6H3,(H,33,34)/p-1. The van der Waals surface area contributed by atoms with E-state index in [1.165, 1.54) is 4.31 Å². The zero-order valence-corrected chi connectivity index (χ0v) is 23.4. The monoisotopic (exact) mass is 521 g/mol. The zero-order chi connectivity index (χ0) is 26.6. The molecule has 9 nitrogen and oxygen atoms in total. The normalized spacial score (nSPS) is 17.5. The number of hydrazine groups is 1. The molecule has 1 unspecified atom stereocenters. The highest BCUT2D eigenvalue weighted by Gasteiger charge is 2.33. The second kappa shape index (κ2) is 11.9. The van der Waals surface area contributed by atoms with Crippen molar-refractivity contribution in [1.82, 2.24) is 14.9 Å². The summed E-state index contributed by atoms with van der Waals surface area (Å²) in [6.45, 7) is 9.02. The molecule has 1 aromatic rings. The number of likely N-dealkylation sites (tertiary alicyclic amines) is 1. The van der Waals surface area contributed by atoms with Gasteiger partial charge >= 0.3 is 6.09 Å². The summed E-state index contributed by atoms with van der Waals surface area (Å²) in [5, 5.41) is 3.55. The van der Waals surface area contributed by atoms with Crippen LogP contribution in [0.3, 0.4) is 0 Å². The first-order valence-electron chi connectivity index (χ1n) is 12.9. The lowest BCUT2D eigenvalue weighted by Gasteiger charge is -2.42. The second-order valence-corrected chi connectivity index (χ2v) is 11.6. The van der Waals surface area contributed by atoms with Gasteiger partial charge in [0.15, 0.2) is 0 Å². The Bertz CT molecular complexity index is 970. The third kappa shape index (κ3) is 6.58. The number of amides is 2. The van der Waals surface area contributed by atoms with Crippen molar-refractivity contribution in [3.05, 3.63) is 28.8 Å². The Morgan fingerprint density at radius 2 is 1.72 bits per heavy atom. The van der Waals surface area contributed by atoms with E-state index in [9.17, 15) is 18.4 Å². The molecule has 0 bridgehead atoms. The molecule has 1 aromatic carbocycles. The summed E-state index contributed by atoms with van der Waals surface area (Å²) in [6, 6.07) is 3.34. The smallest absolute Gasteiger partial charge is 0.410 e. The maximum absolute atomic E-state index is 13.5. The highest BCUT2D eigenvalue weighted by atomic mass is 32.2. The van der Waals surface area contributed by atoms with Crippen molar-refractivity contribution in [2.24, 2.45) is 0 Å². The number of hydrogen-bond donors (Lipinski definition) is 0. The highest BCUT2D eigenvalue weighted by molar-refractivity contribution is 7.80. The van der Waals surface area contributed by atoms with Gasteiger partial charge in [0.05, 0.1) is 5.69 Å². The number of anilines is 1. The molecule has 1 heterocycles. The third-order valence-corrected chi connectivity index (χ3v) is 7.55. The first-order chi connectivity index (χ1) is 16.9. The topological polar surface area (TPSA) is 96.5 Å². The number of piperidine rings is 1. The number of benzene rings is 1. The number of ether oxygens (including phenoxy) is 1. The number of fused-ring (bicyclic) bond motifs is 1. The van der Waals surface area contributed by atoms with Gasteiger partial charge < -0.3 is 14.2 Å². The lowest BCUT2D eigenvalue weighted by molar-refractivity contribution is 0.0196. The molecule has 202 valence electrons. The quantitative estimate of drug-likeness (QED) is 0.399. The van der Waals surface area contributed by atoms with Crippen molar-refractivity contribution < 1.29 is 23.1 Å². The molecule has 0 aromatic heterocycles. The van der Waals surface area contributed by atoms with Gasteiger partial charge in [0.1, 0.15) is 5.60 Å². The summed E-state index contributed by atoms with van der Waals surface area (Å²) in [6.07, 6.45) is 4.95. The first kappa shape index (κ1) is 28.4. The van der Waals surface area contributed by atoms with E-state index in [-0.39, 0.29) is 18.0 Å². The molecule has 1 aliphatic heterocycles. The van der Waals surface area contributed by atoms with Gasteiger partial charge in [-0.15, -0.1) is 0 Å². The van der Waals surface area contributed by atoms with E-state index in [1.807, 2.05) is 46.8 Å². The van der Waals surface area contributed by atoms with Crippen molar-refractivity contribution in [2.75, 3.05) is 38.0 Å². The summed E-state index contributed by atoms with van der Waals surface area (Å²) < 4.78 is 32.0. The molecular weight excluding hydrogens is 480 g/mol. The van der Waals surface area contributed by atoms with Gasteiger partial charge in [-0.2, -0.15) is 0 Å². The number of rotatable bonds is 7. The Kier molecular flexibility index (Phi) is 9.40. The summed E-state index contributed by atoms with van der Waals surface area (Å²) in [5.41, 5.74) is 2.67. The van der Waals surface area contributed by atoms with Gasteiger partial charge in [-0.05, 0) is 89.0 Å². The van der Waals surface area contributed by atoms with Crippen LogP contribution in [-0.4, -0.2) is 81.1 Å². The number of carbonyl (C=O) groups excluding carboxylic acids is 2. The molecule has 2 aliphatic rings. The summed E-state index contributed by atoms with van der Waals surface area (Å²) in [5.74, 6) is -0.0491. The van der Waals surface area contributed by atoms with E-state index in [1.54, 1.807) is 22.0 Å². The van der Waals surface area contributed by atoms with Crippen LogP contribution >= 0.6 is 0 Å². The van der Waals surface area contributed by atoms with Crippen molar-refractivity contribution in [1.29, 1.82) is 0 Å². The fourth-order valence-electron chi connectivity index (χ4n) is 5.10. The average molecular weight is 522 g/mol. The molecule has 10 heteroatoms. The Hall–Kier alpha value is -2.17. The average Bonchev–Trinajstić information content (AvgIpc) is 2.81. The van der Waals surface area contributed by atoms with Gasteiger partial charge in [-0.25, -0.2) is 9.80 Å². The molecule has 2 amide bonds. The highest BCUT2D eigenvalue weighted by Crippen LogP contribution is 2.36. The minimum absolute atomic E-state index is 0.0491. The van der Waals surface area contributed by atoms with Crippen LogP contribution in [0.5, 0.6) is 0 Å². The molecular formula is C26H41N4O5S-. The molecule has 36 heavy (non-hydrogen) atoms. The minimum Gasteiger partial charge on any atom is -0.755 e. The number of carbonyl (C=O) groups is 2. The molecule has 0 radical (unpaired) electrons. The number of nitrogens with zero attached hydrogens (tertiary/aromatic N) is 4. The maximum atomic E-state index is 13.5. The SMILES string of the molecule is CCCN(C(=O)c1ccc(N(C2CCN(C(=O)OC(C)(C)C)CC2)S(=O)[O-])c2c1CCCC2)N(C)C. The van der Waals surface area contributed by atoms with Crippen LogP contribution < -0.4 is 4.31 Å². The Morgan fingerprint density at radius 1 is 1.11 bits per heavy atom. The Balaban J connectivity index is 1.88. The van der Waals surface area contributed by atoms with Crippen molar-refractivity contribution in [3.63, 3.8) is 0 Å². The van der Waals surface area contributed by atoms with Crippen LogP contribution in [0.2, 0.25) is 0 Å². The molecule has 1 aliphatic carbocycles. The minimum atomic E-state index is -2.48. The molecule has 0 saturated carbocycles. The maximum Gasteiger partial charge on any atom is 0.410 e. The zero-order valence-electron chi connectivity index (χ0n) is 22.5. The summed E-state index contributed by atoms with van der Waals surface area (Å²) >= 11 is -2.48. The van der Waals surface area contributed by atoms with E-state index in [0.717, 1.165) is 43.2 Å². The molecule has 1 fully saturated rings. The molecule has 0 spiro atoms. The lowest BCUT2D eigenvalue weighted by Crippen LogP contribution is -2.49. The van der Waals surface area contributed by atoms with Crippen LogP contribution in [0.15, 0.2) is 12.1 Å². The predicted octanol–water partition coefficient (Wildman–Crippen LogP) is 3.89. The van der Waals surface area contributed by atoms with E-state index < -0.39 is 16.9 Å². The first-order valence-corrected chi connectivity index (χ1v) is 14.0. The van der Waals surface area contributed by atoms with Gasteiger partial charge in [-0.3, -0.25) is 18.3 Å². The van der Waals surface area contributed by atoms with E-state index in [2.05, 4.69) is 0 Å². The Labute approximate surface area is 218 Å². The molecule has 3 rings (SSSR count). The van der Waals surface area contributed by atoms with Crippen molar-refractivity contribution in [3.8, 4) is 0 Å². The van der Waals surface area contributed by atoms with Crippen molar-refractivity contribution >= 4 is 29.0 Å². The summed E-state index contributed by atoms with van der Waals surface area (Å²) in [7, 11) is 3.72. The third-order valence-electron chi connectivity index (χ3n) is 6.74. The molecule has 0 N–H and O–H groups in total. The van der Waals surface area contributed by atoms with Crippen LogP contribution in [0.25, 0.3) is 0 Å². The largest absolute Gasteiger partial charge is 0.755 e. The van der Waals surface area contributed by atoms with Gasteiger partial charge in [0.2, 0.25) is 0 Å². The van der Waals surface area contributed by atoms with E-state index in [0.29, 0.717) is 43.7 Å². The van der Waals surface area contributed by atoms with Crippen LogP contribution in [0.4, 0.5) is 10.5 Å². The van der Waals surface area contributed by atoms with Gasteiger partial charge in [0, 0.05) is 56.6 Å². The van der Waals surface area contributed by atoms with Gasteiger partial charge in [-0.1, -0.05) is 6.92 Å². The summed E-state index contributed by atoms with van der Waals surface area (Å²) in [4.78, 5) is 27.6. The van der Waals surface area contributed by atoms with Crippen molar-refractivity contribution in [2.45, 2.75) is 84.3 Å². The van der Waals surface area contributed by atoms with Gasteiger partial charge in [0.25, 0.3) is 5.91 Å². The molecule has 1 saturated heterocycles. The Morgan fingerprint density at radius 3 is 2.25 bits per heavy atom. The predicted molar refractivity (Wildman–Crippen MR) is 140 cm³/mol. The van der Waals surface area contributed by atoms with Crippen LogP contribution in [0, 0.1) is 0 Å². The fourth-order valence-corrected chi connectivity index (χ4v) is 5.88. The van der Waals surface area contributed by atoms with E-state index >= 15 is 0 Å². The van der Waals surface area contributed by atoms with E-state index in [4.69, 9.17) is 4.74 Å². The second-order valence-electron chi connectivity index (χ2n) is 10.8. The lowest BCUT2D eigenvalue weighted by atomic mass is 9.86.